The summed E-state index contributed by atoms with van der Waals surface area (Å²) in [5.41, 5.74) is 5.31. The van der Waals surface area contributed by atoms with Crippen molar-refractivity contribution in [2.75, 3.05) is 5.32 Å². The highest BCUT2D eigenvalue weighted by Gasteiger charge is 2.10. The molecule has 0 aliphatic heterocycles. The molecule has 0 fully saturated rings. The number of hydrogen-bond acceptors (Lipinski definition) is 5. The van der Waals surface area contributed by atoms with Crippen LogP contribution in [-0.2, 0) is 4.79 Å². The Morgan fingerprint density at radius 2 is 1.86 bits per heavy atom. The van der Waals surface area contributed by atoms with Gasteiger partial charge in [-0.25, -0.2) is 0 Å². The summed E-state index contributed by atoms with van der Waals surface area (Å²) in [6.07, 6.45) is 0. The molecule has 0 aromatic carbocycles. The van der Waals surface area contributed by atoms with E-state index < -0.39 is 11.9 Å². The first kappa shape index (κ1) is 11.1. The standard InChI is InChI=1S/C6H7Cl2N5O/c1-2(9)3(14)10-6-12-4(7)11-5(8)13-6/h2H,9H2,1H3,(H,10,11,12,13,14)/t2-/m0/s1. The topological polar surface area (TPSA) is 93.8 Å². The van der Waals surface area contributed by atoms with Crippen LogP contribution >= 0.6 is 23.2 Å². The van der Waals surface area contributed by atoms with Crippen LogP contribution in [0.1, 0.15) is 6.92 Å². The Kier molecular flexibility index (Phi) is 3.56. The van der Waals surface area contributed by atoms with Crippen molar-refractivity contribution in [3.05, 3.63) is 10.6 Å². The lowest BCUT2D eigenvalue weighted by Crippen LogP contribution is -2.33. The number of carbonyl (C=O) groups excluding carboxylic acids is 1. The summed E-state index contributed by atoms with van der Waals surface area (Å²) in [7, 11) is 0. The fourth-order valence-corrected chi connectivity index (χ4v) is 0.969. The van der Waals surface area contributed by atoms with Gasteiger partial charge in [0, 0.05) is 0 Å². The molecule has 1 heterocycles. The third-order valence-corrected chi connectivity index (χ3v) is 1.57. The number of hydrogen-bond donors (Lipinski definition) is 2. The molecule has 0 aliphatic carbocycles. The lowest BCUT2D eigenvalue weighted by atomic mass is 10.3. The SMILES string of the molecule is C[C@H](N)C(=O)Nc1nc(Cl)nc(Cl)n1. The summed E-state index contributed by atoms with van der Waals surface area (Å²) in [5.74, 6) is -0.444. The van der Waals surface area contributed by atoms with Crippen molar-refractivity contribution >= 4 is 35.1 Å². The van der Waals surface area contributed by atoms with Crippen LogP contribution in [0.2, 0.25) is 10.6 Å². The Morgan fingerprint density at radius 3 is 2.29 bits per heavy atom. The molecule has 0 saturated carbocycles. The van der Waals surface area contributed by atoms with E-state index in [1.165, 1.54) is 6.92 Å². The zero-order chi connectivity index (χ0) is 10.7. The fourth-order valence-electron chi connectivity index (χ4n) is 0.606. The van der Waals surface area contributed by atoms with E-state index in [2.05, 4.69) is 20.3 Å². The molecule has 1 rings (SSSR count). The highest BCUT2D eigenvalue weighted by atomic mass is 35.5. The van der Waals surface area contributed by atoms with Crippen molar-refractivity contribution in [1.82, 2.24) is 15.0 Å². The molecule has 6 nitrogen and oxygen atoms in total. The first-order valence-electron chi connectivity index (χ1n) is 3.62. The van der Waals surface area contributed by atoms with Gasteiger partial charge in [-0.1, -0.05) is 0 Å². The van der Waals surface area contributed by atoms with Crippen LogP contribution in [0.15, 0.2) is 0 Å². The van der Waals surface area contributed by atoms with E-state index in [4.69, 9.17) is 28.9 Å². The second kappa shape index (κ2) is 4.50. The third-order valence-electron chi connectivity index (χ3n) is 1.23. The van der Waals surface area contributed by atoms with Crippen molar-refractivity contribution in [3.63, 3.8) is 0 Å². The molecule has 0 bridgehead atoms. The number of amides is 1. The zero-order valence-electron chi connectivity index (χ0n) is 7.16. The second-order valence-corrected chi connectivity index (χ2v) is 3.15. The minimum absolute atomic E-state index is 0.0164. The van der Waals surface area contributed by atoms with Gasteiger partial charge in [0.2, 0.25) is 22.4 Å². The molecule has 1 atom stereocenters. The van der Waals surface area contributed by atoms with Gasteiger partial charge in [-0.05, 0) is 30.1 Å². The van der Waals surface area contributed by atoms with E-state index in [1.807, 2.05) is 0 Å². The smallest absolute Gasteiger partial charge is 0.243 e. The molecule has 14 heavy (non-hydrogen) atoms. The molecular weight excluding hydrogens is 229 g/mol. The van der Waals surface area contributed by atoms with E-state index in [9.17, 15) is 4.79 Å². The molecular formula is C6H7Cl2N5O. The van der Waals surface area contributed by atoms with Crippen molar-refractivity contribution in [2.45, 2.75) is 13.0 Å². The summed E-state index contributed by atoms with van der Waals surface area (Å²) in [4.78, 5) is 21.9. The highest BCUT2D eigenvalue weighted by molar-refractivity contribution is 6.31. The van der Waals surface area contributed by atoms with Gasteiger partial charge in [-0.15, -0.1) is 0 Å². The van der Waals surface area contributed by atoms with Crippen LogP contribution in [0.4, 0.5) is 5.95 Å². The van der Waals surface area contributed by atoms with Gasteiger partial charge in [-0.3, -0.25) is 10.1 Å². The van der Waals surface area contributed by atoms with E-state index >= 15 is 0 Å². The molecule has 1 amide bonds. The Labute approximate surface area is 89.8 Å². The van der Waals surface area contributed by atoms with Gasteiger partial charge < -0.3 is 5.73 Å². The zero-order valence-corrected chi connectivity index (χ0v) is 8.67. The van der Waals surface area contributed by atoms with E-state index in [0.717, 1.165) is 0 Å². The molecule has 0 unspecified atom stereocenters. The number of nitrogens with two attached hydrogens (primary N) is 1. The summed E-state index contributed by atoms with van der Waals surface area (Å²) in [5, 5.41) is 2.14. The normalized spacial score (nSPS) is 12.3. The van der Waals surface area contributed by atoms with E-state index in [0.29, 0.717) is 0 Å². The number of rotatable bonds is 2. The van der Waals surface area contributed by atoms with Gasteiger partial charge in [0.1, 0.15) is 0 Å². The van der Waals surface area contributed by atoms with Crippen molar-refractivity contribution in [2.24, 2.45) is 5.73 Å². The summed E-state index contributed by atoms with van der Waals surface area (Å²) in [6.45, 7) is 1.53. The van der Waals surface area contributed by atoms with Gasteiger partial charge in [-0.2, -0.15) is 15.0 Å². The fraction of sp³-hybridized carbons (Fsp3) is 0.333. The number of nitrogens with one attached hydrogen (secondary N) is 1. The predicted molar refractivity (Wildman–Crippen MR) is 52.1 cm³/mol. The maximum atomic E-state index is 11.1. The molecule has 1 aromatic rings. The van der Waals surface area contributed by atoms with Crippen LogP contribution in [0.25, 0.3) is 0 Å². The largest absolute Gasteiger partial charge is 0.320 e. The Balaban J connectivity index is 2.82. The van der Waals surface area contributed by atoms with Crippen LogP contribution < -0.4 is 11.1 Å². The van der Waals surface area contributed by atoms with Crippen molar-refractivity contribution in [3.8, 4) is 0 Å². The first-order chi connectivity index (χ1) is 6.49. The highest BCUT2D eigenvalue weighted by Crippen LogP contribution is 2.09. The number of halogens is 2. The average Bonchev–Trinajstić information content (AvgIpc) is 2.01. The monoisotopic (exact) mass is 235 g/mol. The minimum Gasteiger partial charge on any atom is -0.320 e. The molecule has 1 aromatic heterocycles. The number of aromatic nitrogens is 3. The van der Waals surface area contributed by atoms with Gasteiger partial charge in [0.05, 0.1) is 6.04 Å². The van der Waals surface area contributed by atoms with E-state index in [-0.39, 0.29) is 16.5 Å². The lowest BCUT2D eigenvalue weighted by Gasteiger charge is -2.05. The number of nitrogens with zero attached hydrogens (tertiary/aromatic N) is 3. The summed E-state index contributed by atoms with van der Waals surface area (Å²) >= 11 is 11.0. The van der Waals surface area contributed by atoms with Crippen LogP contribution in [-0.4, -0.2) is 26.9 Å². The van der Waals surface area contributed by atoms with Crippen LogP contribution in [0.3, 0.4) is 0 Å². The summed E-state index contributed by atoms with van der Waals surface area (Å²) < 4.78 is 0. The molecule has 8 heteroatoms. The van der Waals surface area contributed by atoms with E-state index in [1.54, 1.807) is 0 Å². The van der Waals surface area contributed by atoms with Crippen LogP contribution in [0.5, 0.6) is 0 Å². The second-order valence-electron chi connectivity index (χ2n) is 2.48. The van der Waals surface area contributed by atoms with Crippen molar-refractivity contribution < 1.29 is 4.79 Å². The first-order valence-corrected chi connectivity index (χ1v) is 4.38. The molecule has 0 aliphatic rings. The Hall–Kier alpha value is -0.980. The van der Waals surface area contributed by atoms with Gasteiger partial charge >= 0.3 is 0 Å². The molecule has 76 valence electrons. The minimum atomic E-state index is -0.663. The Morgan fingerprint density at radius 1 is 1.36 bits per heavy atom. The maximum absolute atomic E-state index is 11.1. The van der Waals surface area contributed by atoms with Crippen molar-refractivity contribution in [1.29, 1.82) is 0 Å². The average molecular weight is 236 g/mol. The van der Waals surface area contributed by atoms with Crippen LogP contribution in [0, 0.1) is 0 Å². The quantitative estimate of drug-likeness (QED) is 0.778. The molecule has 0 radical (unpaired) electrons. The maximum Gasteiger partial charge on any atom is 0.243 e. The molecule has 0 spiro atoms. The summed E-state index contributed by atoms with van der Waals surface area (Å²) in [6, 6.07) is -0.663. The van der Waals surface area contributed by atoms with Gasteiger partial charge in [0.15, 0.2) is 0 Å². The lowest BCUT2D eigenvalue weighted by molar-refractivity contribution is -0.117. The van der Waals surface area contributed by atoms with Gasteiger partial charge in [0.25, 0.3) is 0 Å². The Bertz CT molecular complexity index is 336. The molecule has 0 saturated heterocycles. The third kappa shape index (κ3) is 3.06. The number of anilines is 1. The molecule has 3 N–H and O–H groups in total. The number of carbonyl (C=O) groups is 1. The predicted octanol–water partition coefficient (Wildman–Crippen LogP) is 0.464.